The first-order valence-electron chi connectivity index (χ1n) is 3.88. The molecule has 1 atom stereocenters. The minimum Gasteiger partial charge on any atom is -0.409 e. The van der Waals surface area contributed by atoms with Gasteiger partial charge in [-0.1, -0.05) is 5.16 Å². The summed E-state index contributed by atoms with van der Waals surface area (Å²) in [4.78, 5) is 0. The minimum atomic E-state index is -2.54. The molecule has 5 heteroatoms. The number of nitrogens with zero attached hydrogens (tertiary/aromatic N) is 1. The summed E-state index contributed by atoms with van der Waals surface area (Å²) in [7, 11) is 0. The molecular formula is C7H12F2N2O. The van der Waals surface area contributed by atoms with Crippen LogP contribution in [-0.4, -0.2) is 17.0 Å². The summed E-state index contributed by atoms with van der Waals surface area (Å²) in [5.41, 5.74) is 5.20. The lowest BCUT2D eigenvalue weighted by Crippen LogP contribution is -2.17. The van der Waals surface area contributed by atoms with Gasteiger partial charge in [0, 0.05) is 19.3 Å². The molecule has 0 aromatic heterocycles. The molecule has 1 rings (SSSR count). The van der Waals surface area contributed by atoms with Gasteiger partial charge in [0.2, 0.25) is 5.92 Å². The molecular weight excluding hydrogens is 166 g/mol. The molecule has 0 aromatic carbocycles. The van der Waals surface area contributed by atoms with Crippen molar-refractivity contribution in [3.8, 4) is 0 Å². The van der Waals surface area contributed by atoms with Gasteiger partial charge in [-0.2, -0.15) is 0 Å². The number of amidine groups is 1. The van der Waals surface area contributed by atoms with Crippen molar-refractivity contribution in [2.75, 3.05) is 0 Å². The quantitative estimate of drug-likeness (QED) is 0.292. The second-order valence-corrected chi connectivity index (χ2v) is 3.26. The van der Waals surface area contributed by atoms with Crippen molar-refractivity contribution in [3.63, 3.8) is 0 Å². The van der Waals surface area contributed by atoms with Gasteiger partial charge in [-0.15, -0.1) is 0 Å². The maximum absolute atomic E-state index is 12.6. The summed E-state index contributed by atoms with van der Waals surface area (Å²) in [5.74, 6) is -2.63. The molecule has 1 fully saturated rings. The summed E-state index contributed by atoms with van der Waals surface area (Å²) in [6.45, 7) is 0. The van der Waals surface area contributed by atoms with Gasteiger partial charge in [0.05, 0.1) is 0 Å². The maximum Gasteiger partial charge on any atom is 0.248 e. The van der Waals surface area contributed by atoms with Gasteiger partial charge in [0.1, 0.15) is 5.84 Å². The molecule has 3 N–H and O–H groups in total. The van der Waals surface area contributed by atoms with Gasteiger partial charge in [-0.3, -0.25) is 0 Å². The maximum atomic E-state index is 12.6. The fourth-order valence-electron chi connectivity index (χ4n) is 1.55. The minimum absolute atomic E-state index is 0.0395. The highest BCUT2D eigenvalue weighted by atomic mass is 19.3. The topological polar surface area (TPSA) is 58.6 Å². The van der Waals surface area contributed by atoms with Crippen LogP contribution in [0, 0.1) is 5.92 Å². The van der Waals surface area contributed by atoms with E-state index in [9.17, 15) is 8.78 Å². The molecule has 0 heterocycles. The van der Waals surface area contributed by atoms with Crippen molar-refractivity contribution < 1.29 is 14.0 Å². The van der Waals surface area contributed by atoms with Crippen LogP contribution in [0.3, 0.4) is 0 Å². The molecule has 1 unspecified atom stereocenters. The number of alkyl halides is 2. The number of nitrogens with two attached hydrogens (primary N) is 1. The Labute approximate surface area is 69.2 Å². The third-order valence-electron chi connectivity index (χ3n) is 2.13. The number of rotatable bonds is 2. The molecule has 12 heavy (non-hydrogen) atoms. The van der Waals surface area contributed by atoms with E-state index < -0.39 is 5.92 Å². The predicted octanol–water partition coefficient (Wildman–Crippen LogP) is 1.56. The van der Waals surface area contributed by atoms with Crippen LogP contribution in [0.1, 0.15) is 25.7 Å². The fourth-order valence-corrected chi connectivity index (χ4v) is 1.55. The lowest BCUT2D eigenvalue weighted by Gasteiger charge is -2.08. The third-order valence-corrected chi connectivity index (χ3v) is 2.13. The number of hydrogen-bond donors (Lipinski definition) is 2. The Bertz CT molecular complexity index is 194. The van der Waals surface area contributed by atoms with E-state index in [2.05, 4.69) is 5.16 Å². The van der Waals surface area contributed by atoms with Crippen LogP contribution in [0.4, 0.5) is 8.78 Å². The molecule has 0 spiro atoms. The van der Waals surface area contributed by atoms with Crippen molar-refractivity contribution in [3.05, 3.63) is 0 Å². The highest BCUT2D eigenvalue weighted by Crippen LogP contribution is 2.40. The second kappa shape index (κ2) is 3.25. The van der Waals surface area contributed by atoms with Gasteiger partial charge in [0.15, 0.2) is 0 Å². The zero-order valence-electron chi connectivity index (χ0n) is 6.63. The molecule has 0 saturated heterocycles. The molecule has 0 bridgehead atoms. The average Bonchev–Trinajstić information content (AvgIpc) is 2.30. The van der Waals surface area contributed by atoms with Crippen molar-refractivity contribution in [1.82, 2.24) is 0 Å². The first-order chi connectivity index (χ1) is 5.53. The fraction of sp³-hybridized carbons (Fsp3) is 0.857. The molecule has 3 nitrogen and oxygen atoms in total. The summed E-state index contributed by atoms with van der Waals surface area (Å²) in [5, 5.41) is 10.9. The molecule has 0 amide bonds. The van der Waals surface area contributed by atoms with E-state index in [0.717, 1.165) is 0 Å². The van der Waals surface area contributed by atoms with Crippen LogP contribution in [0.5, 0.6) is 0 Å². The number of halogens is 2. The SMILES string of the molecule is NC(CC1CCC(F)(F)C1)=NO. The smallest absolute Gasteiger partial charge is 0.248 e. The van der Waals surface area contributed by atoms with E-state index in [4.69, 9.17) is 10.9 Å². The second-order valence-electron chi connectivity index (χ2n) is 3.26. The number of oxime groups is 1. The summed E-state index contributed by atoms with van der Waals surface area (Å²) < 4.78 is 25.2. The van der Waals surface area contributed by atoms with Crippen LogP contribution in [-0.2, 0) is 0 Å². The lowest BCUT2D eigenvalue weighted by atomic mass is 10.0. The zero-order chi connectivity index (χ0) is 9.19. The lowest BCUT2D eigenvalue weighted by molar-refractivity contribution is 0.00532. The van der Waals surface area contributed by atoms with Crippen molar-refractivity contribution in [1.29, 1.82) is 0 Å². The Hall–Kier alpha value is -0.870. The van der Waals surface area contributed by atoms with Crippen molar-refractivity contribution in [2.24, 2.45) is 16.8 Å². The Morgan fingerprint density at radius 1 is 1.67 bits per heavy atom. The standard InChI is InChI=1S/C7H12F2N2O/c8-7(9)2-1-5(4-7)3-6(10)11-12/h5,12H,1-4H2,(H2,10,11). The predicted molar refractivity (Wildman–Crippen MR) is 40.3 cm³/mol. The van der Waals surface area contributed by atoms with Crippen LogP contribution in [0.25, 0.3) is 0 Å². The molecule has 1 aliphatic rings. The zero-order valence-corrected chi connectivity index (χ0v) is 6.63. The number of hydrogen-bond acceptors (Lipinski definition) is 2. The monoisotopic (exact) mass is 178 g/mol. The van der Waals surface area contributed by atoms with E-state index in [-0.39, 0.29) is 31.0 Å². The molecule has 70 valence electrons. The van der Waals surface area contributed by atoms with Crippen LogP contribution in [0.2, 0.25) is 0 Å². The molecule has 0 aliphatic heterocycles. The van der Waals surface area contributed by atoms with Gasteiger partial charge in [-0.05, 0) is 12.3 Å². The largest absolute Gasteiger partial charge is 0.409 e. The first kappa shape index (κ1) is 9.22. The van der Waals surface area contributed by atoms with Gasteiger partial charge >= 0.3 is 0 Å². The van der Waals surface area contributed by atoms with Crippen LogP contribution in [0.15, 0.2) is 5.16 Å². The Morgan fingerprint density at radius 3 is 2.75 bits per heavy atom. The molecule has 0 aromatic rings. The van der Waals surface area contributed by atoms with E-state index >= 15 is 0 Å². The normalized spacial score (nSPS) is 29.2. The molecule has 0 radical (unpaired) electrons. The Kier molecular flexibility index (Phi) is 2.49. The van der Waals surface area contributed by atoms with Crippen LogP contribution >= 0.6 is 0 Å². The van der Waals surface area contributed by atoms with E-state index in [1.54, 1.807) is 0 Å². The summed E-state index contributed by atoms with van der Waals surface area (Å²) >= 11 is 0. The first-order valence-corrected chi connectivity index (χ1v) is 3.88. The Balaban J connectivity index is 2.38. The molecule has 1 saturated carbocycles. The van der Waals surface area contributed by atoms with Crippen LogP contribution < -0.4 is 5.73 Å². The van der Waals surface area contributed by atoms with Crippen molar-refractivity contribution >= 4 is 5.84 Å². The summed E-state index contributed by atoms with van der Waals surface area (Å²) in [6.07, 6.45) is 0.523. The average molecular weight is 178 g/mol. The molecule has 1 aliphatic carbocycles. The highest BCUT2D eigenvalue weighted by molar-refractivity contribution is 5.79. The van der Waals surface area contributed by atoms with E-state index in [1.807, 2.05) is 0 Å². The Morgan fingerprint density at radius 2 is 2.33 bits per heavy atom. The van der Waals surface area contributed by atoms with Crippen molar-refractivity contribution in [2.45, 2.75) is 31.6 Å². The van der Waals surface area contributed by atoms with Gasteiger partial charge in [-0.25, -0.2) is 8.78 Å². The third kappa shape index (κ3) is 2.32. The van der Waals surface area contributed by atoms with E-state index in [0.29, 0.717) is 6.42 Å². The van der Waals surface area contributed by atoms with Gasteiger partial charge < -0.3 is 10.9 Å². The summed E-state index contributed by atoms with van der Waals surface area (Å²) in [6, 6.07) is 0. The van der Waals surface area contributed by atoms with Gasteiger partial charge in [0.25, 0.3) is 0 Å². The highest BCUT2D eigenvalue weighted by Gasteiger charge is 2.39. The van der Waals surface area contributed by atoms with E-state index in [1.165, 1.54) is 0 Å².